The van der Waals surface area contributed by atoms with E-state index in [4.69, 9.17) is 9.84 Å². The number of alkyl halides is 1. The van der Waals surface area contributed by atoms with Crippen LogP contribution in [0, 0.1) is 0 Å². The summed E-state index contributed by atoms with van der Waals surface area (Å²) in [5.41, 5.74) is -1.33. The van der Waals surface area contributed by atoms with Crippen LogP contribution in [0.1, 0.15) is 12.8 Å². The van der Waals surface area contributed by atoms with Gasteiger partial charge in [0.05, 0.1) is 13.2 Å². The number of methoxy groups -OCH3 is 1. The molecule has 0 aromatic carbocycles. The number of aliphatic hydroxyl groups is 1. The number of hydrogen-bond donors (Lipinski definition) is 1. The Labute approximate surface area is 78.5 Å². The van der Waals surface area contributed by atoms with Crippen molar-refractivity contribution in [3.63, 3.8) is 0 Å². The summed E-state index contributed by atoms with van der Waals surface area (Å²) in [6, 6.07) is 0. The molecular formula is C9H18FNO2. The van der Waals surface area contributed by atoms with E-state index in [1.54, 1.807) is 7.11 Å². The lowest BCUT2D eigenvalue weighted by atomic mass is 9.94. The summed E-state index contributed by atoms with van der Waals surface area (Å²) in [5, 5.41) is 8.79. The van der Waals surface area contributed by atoms with Gasteiger partial charge in [0.1, 0.15) is 5.67 Å². The Morgan fingerprint density at radius 1 is 1.46 bits per heavy atom. The Balaban J connectivity index is 2.22. The summed E-state index contributed by atoms with van der Waals surface area (Å²) in [4.78, 5) is 2.16. The van der Waals surface area contributed by atoms with Crippen LogP contribution < -0.4 is 0 Å². The summed E-state index contributed by atoms with van der Waals surface area (Å²) in [6.45, 7) is 2.66. The van der Waals surface area contributed by atoms with Gasteiger partial charge in [0.2, 0.25) is 0 Å². The zero-order chi connectivity index (χ0) is 9.73. The molecule has 1 heterocycles. The lowest BCUT2D eigenvalue weighted by Gasteiger charge is -2.34. The van der Waals surface area contributed by atoms with Crippen LogP contribution in [0.15, 0.2) is 0 Å². The fourth-order valence-corrected chi connectivity index (χ4v) is 1.56. The number of hydrogen-bond acceptors (Lipinski definition) is 3. The van der Waals surface area contributed by atoms with Crippen molar-refractivity contribution in [1.29, 1.82) is 0 Å². The van der Waals surface area contributed by atoms with Gasteiger partial charge in [-0.2, -0.15) is 0 Å². The Bertz CT molecular complexity index is 147. The topological polar surface area (TPSA) is 32.7 Å². The molecule has 78 valence electrons. The van der Waals surface area contributed by atoms with Crippen molar-refractivity contribution in [1.82, 2.24) is 4.90 Å². The van der Waals surface area contributed by atoms with E-state index in [1.165, 1.54) is 0 Å². The molecule has 0 bridgehead atoms. The third-order valence-corrected chi connectivity index (χ3v) is 2.65. The van der Waals surface area contributed by atoms with Crippen LogP contribution in [0.4, 0.5) is 4.39 Å². The van der Waals surface area contributed by atoms with Gasteiger partial charge in [0.25, 0.3) is 0 Å². The van der Waals surface area contributed by atoms with Crippen LogP contribution >= 0.6 is 0 Å². The highest BCUT2D eigenvalue weighted by molar-refractivity contribution is 4.85. The highest BCUT2D eigenvalue weighted by Gasteiger charge is 2.33. The van der Waals surface area contributed by atoms with Gasteiger partial charge < -0.3 is 14.7 Å². The molecule has 1 aliphatic rings. The molecule has 0 aromatic rings. The largest absolute Gasteiger partial charge is 0.393 e. The normalized spacial score (nSPS) is 23.3. The molecule has 1 fully saturated rings. The van der Waals surface area contributed by atoms with Crippen molar-refractivity contribution >= 4 is 0 Å². The van der Waals surface area contributed by atoms with Crippen LogP contribution in [0.25, 0.3) is 0 Å². The molecule has 1 saturated heterocycles. The fourth-order valence-electron chi connectivity index (χ4n) is 1.56. The first kappa shape index (κ1) is 10.9. The first-order valence-corrected chi connectivity index (χ1v) is 4.71. The molecule has 0 radical (unpaired) electrons. The second-order valence-corrected chi connectivity index (χ2v) is 3.64. The maximum absolute atomic E-state index is 13.5. The van der Waals surface area contributed by atoms with E-state index in [2.05, 4.69) is 4.90 Å². The molecule has 1 rings (SSSR count). The summed E-state index contributed by atoms with van der Waals surface area (Å²) in [5.74, 6) is 0. The van der Waals surface area contributed by atoms with Gasteiger partial charge in [0, 0.05) is 26.7 Å². The number of rotatable bonds is 4. The van der Waals surface area contributed by atoms with Crippen LogP contribution in [-0.4, -0.2) is 55.6 Å². The number of likely N-dealkylation sites (tertiary alicyclic amines) is 1. The van der Waals surface area contributed by atoms with E-state index in [0.717, 1.165) is 19.6 Å². The molecule has 13 heavy (non-hydrogen) atoms. The van der Waals surface area contributed by atoms with Crippen molar-refractivity contribution in [2.75, 3.05) is 40.0 Å². The third kappa shape index (κ3) is 3.21. The standard InChI is InChI=1S/C9H18FNO2/c1-13-7-6-11-4-2-9(10,8-12)3-5-11/h12H,2-8H2,1H3. The van der Waals surface area contributed by atoms with E-state index in [9.17, 15) is 4.39 Å². The number of aliphatic hydroxyl groups excluding tert-OH is 1. The first-order valence-electron chi connectivity index (χ1n) is 4.71. The van der Waals surface area contributed by atoms with E-state index >= 15 is 0 Å². The second kappa shape index (κ2) is 4.88. The van der Waals surface area contributed by atoms with Gasteiger partial charge in [-0.3, -0.25) is 0 Å². The van der Waals surface area contributed by atoms with Gasteiger partial charge in [-0.05, 0) is 12.8 Å². The Morgan fingerprint density at radius 3 is 2.54 bits per heavy atom. The van der Waals surface area contributed by atoms with E-state index < -0.39 is 5.67 Å². The number of ether oxygens (including phenoxy) is 1. The molecule has 1 N–H and O–H groups in total. The fraction of sp³-hybridized carbons (Fsp3) is 1.00. The molecule has 0 saturated carbocycles. The summed E-state index contributed by atoms with van der Waals surface area (Å²) in [6.07, 6.45) is 0.875. The van der Waals surface area contributed by atoms with Crippen LogP contribution in [-0.2, 0) is 4.74 Å². The molecule has 0 amide bonds. The van der Waals surface area contributed by atoms with Crippen LogP contribution in [0.5, 0.6) is 0 Å². The van der Waals surface area contributed by atoms with Gasteiger partial charge in [0.15, 0.2) is 0 Å². The minimum Gasteiger partial charge on any atom is -0.393 e. The second-order valence-electron chi connectivity index (χ2n) is 3.64. The Kier molecular flexibility index (Phi) is 4.09. The average molecular weight is 191 g/mol. The molecule has 4 heteroatoms. The summed E-state index contributed by atoms with van der Waals surface area (Å²) >= 11 is 0. The van der Waals surface area contributed by atoms with Crippen molar-refractivity contribution in [2.45, 2.75) is 18.5 Å². The Hall–Kier alpha value is -0.190. The SMILES string of the molecule is COCCN1CCC(F)(CO)CC1. The smallest absolute Gasteiger partial charge is 0.136 e. The number of halogens is 1. The van der Waals surface area contributed by atoms with Crippen molar-refractivity contribution < 1.29 is 14.2 Å². The molecule has 0 aliphatic carbocycles. The maximum Gasteiger partial charge on any atom is 0.136 e. The molecule has 0 atom stereocenters. The van der Waals surface area contributed by atoms with Gasteiger partial charge in [-0.1, -0.05) is 0 Å². The number of nitrogens with zero attached hydrogens (tertiary/aromatic N) is 1. The Morgan fingerprint density at radius 2 is 2.08 bits per heavy atom. The van der Waals surface area contributed by atoms with Crippen molar-refractivity contribution in [2.24, 2.45) is 0 Å². The lowest BCUT2D eigenvalue weighted by Crippen LogP contribution is -2.44. The highest BCUT2D eigenvalue weighted by Crippen LogP contribution is 2.25. The quantitative estimate of drug-likeness (QED) is 0.699. The van der Waals surface area contributed by atoms with Crippen molar-refractivity contribution in [3.05, 3.63) is 0 Å². The average Bonchev–Trinajstić information content (AvgIpc) is 2.17. The zero-order valence-corrected chi connectivity index (χ0v) is 8.13. The van der Waals surface area contributed by atoms with Gasteiger partial charge in [-0.25, -0.2) is 4.39 Å². The van der Waals surface area contributed by atoms with E-state index in [-0.39, 0.29) is 6.61 Å². The van der Waals surface area contributed by atoms with E-state index in [0.29, 0.717) is 19.4 Å². The number of piperidine rings is 1. The third-order valence-electron chi connectivity index (χ3n) is 2.65. The predicted molar refractivity (Wildman–Crippen MR) is 48.5 cm³/mol. The van der Waals surface area contributed by atoms with Gasteiger partial charge in [-0.15, -0.1) is 0 Å². The molecule has 0 unspecified atom stereocenters. The maximum atomic E-state index is 13.5. The molecular weight excluding hydrogens is 173 g/mol. The molecule has 3 nitrogen and oxygen atoms in total. The molecule has 0 aromatic heterocycles. The first-order chi connectivity index (χ1) is 6.20. The predicted octanol–water partition coefficient (Wildman–Crippen LogP) is 0.429. The molecule has 0 spiro atoms. The summed E-state index contributed by atoms with van der Waals surface area (Å²) in [7, 11) is 1.66. The van der Waals surface area contributed by atoms with Gasteiger partial charge >= 0.3 is 0 Å². The zero-order valence-electron chi connectivity index (χ0n) is 8.13. The minimum absolute atomic E-state index is 0.342. The lowest BCUT2D eigenvalue weighted by molar-refractivity contribution is 0.00337. The summed E-state index contributed by atoms with van der Waals surface area (Å²) < 4.78 is 18.4. The van der Waals surface area contributed by atoms with Crippen molar-refractivity contribution in [3.8, 4) is 0 Å². The minimum atomic E-state index is -1.33. The van der Waals surface area contributed by atoms with Crippen LogP contribution in [0.3, 0.4) is 0 Å². The molecule has 1 aliphatic heterocycles. The monoisotopic (exact) mass is 191 g/mol. The van der Waals surface area contributed by atoms with E-state index in [1.807, 2.05) is 0 Å². The highest BCUT2D eigenvalue weighted by atomic mass is 19.1. The van der Waals surface area contributed by atoms with Crippen LogP contribution in [0.2, 0.25) is 0 Å².